The lowest BCUT2D eigenvalue weighted by molar-refractivity contribution is -0.134. The number of carbonyl (C=O) groups excluding carboxylic acids is 2. The first-order valence-corrected chi connectivity index (χ1v) is 7.46. The third kappa shape index (κ3) is 5.39. The highest BCUT2D eigenvalue weighted by molar-refractivity contribution is 5.91. The van der Waals surface area contributed by atoms with Gasteiger partial charge in [-0.3, -0.25) is 9.59 Å². The molecular formula is C17H27N3O2. The van der Waals surface area contributed by atoms with Crippen molar-refractivity contribution in [1.29, 1.82) is 0 Å². The molecule has 1 N–H and O–H groups in total. The van der Waals surface area contributed by atoms with Crippen molar-refractivity contribution in [2.75, 3.05) is 30.9 Å². The van der Waals surface area contributed by atoms with Crippen molar-refractivity contribution in [2.24, 2.45) is 0 Å². The molecule has 0 saturated heterocycles. The molecule has 1 aromatic carbocycles. The van der Waals surface area contributed by atoms with E-state index in [2.05, 4.69) is 5.32 Å². The Bertz CT molecular complexity index is 516. The molecule has 2 amide bonds. The van der Waals surface area contributed by atoms with Gasteiger partial charge in [-0.15, -0.1) is 0 Å². The fourth-order valence-electron chi connectivity index (χ4n) is 2.24. The maximum absolute atomic E-state index is 12.0. The van der Waals surface area contributed by atoms with Crippen molar-refractivity contribution in [1.82, 2.24) is 4.90 Å². The van der Waals surface area contributed by atoms with Gasteiger partial charge in [0, 0.05) is 50.9 Å². The maximum Gasteiger partial charge on any atom is 0.226 e. The van der Waals surface area contributed by atoms with Crippen LogP contribution in [0.4, 0.5) is 11.4 Å². The summed E-state index contributed by atoms with van der Waals surface area (Å²) in [4.78, 5) is 27.4. The Morgan fingerprint density at radius 1 is 1.09 bits per heavy atom. The van der Waals surface area contributed by atoms with E-state index in [1.54, 1.807) is 4.90 Å². The van der Waals surface area contributed by atoms with Gasteiger partial charge in [-0.25, -0.2) is 0 Å². The number of nitrogens with one attached hydrogen (secondary N) is 1. The summed E-state index contributed by atoms with van der Waals surface area (Å²) in [6, 6.07) is 7.65. The van der Waals surface area contributed by atoms with Gasteiger partial charge in [0.25, 0.3) is 0 Å². The average Bonchev–Trinajstić information content (AvgIpc) is 2.37. The van der Waals surface area contributed by atoms with E-state index in [0.717, 1.165) is 11.4 Å². The summed E-state index contributed by atoms with van der Waals surface area (Å²) in [7, 11) is 3.94. The summed E-state index contributed by atoms with van der Waals surface area (Å²) in [5, 5.41) is 2.86. The first kappa shape index (κ1) is 18.0. The molecule has 0 heterocycles. The van der Waals surface area contributed by atoms with Gasteiger partial charge < -0.3 is 15.1 Å². The third-order valence-corrected chi connectivity index (χ3v) is 3.42. The third-order valence-electron chi connectivity index (χ3n) is 3.42. The topological polar surface area (TPSA) is 52.7 Å². The second-order valence-corrected chi connectivity index (χ2v) is 6.58. The van der Waals surface area contributed by atoms with Crippen LogP contribution in [-0.4, -0.2) is 42.9 Å². The zero-order valence-electron chi connectivity index (χ0n) is 14.4. The largest absolute Gasteiger partial charge is 0.378 e. The summed E-state index contributed by atoms with van der Waals surface area (Å²) >= 11 is 0. The van der Waals surface area contributed by atoms with Crippen molar-refractivity contribution in [3.63, 3.8) is 0 Å². The standard InChI is InChI=1S/C17H27N3O2/c1-13(21)20(17(2,3)4)12-11-16(22)18-14-7-9-15(10-8-14)19(5)6/h7-10H,11-12H2,1-6H3,(H,18,22). The first-order chi connectivity index (χ1) is 10.1. The number of rotatable bonds is 5. The first-order valence-electron chi connectivity index (χ1n) is 7.46. The number of amides is 2. The van der Waals surface area contributed by atoms with Crippen LogP contribution in [-0.2, 0) is 9.59 Å². The van der Waals surface area contributed by atoms with Crippen LogP contribution in [0, 0.1) is 0 Å². The number of benzene rings is 1. The van der Waals surface area contributed by atoms with Crippen molar-refractivity contribution in [3.05, 3.63) is 24.3 Å². The van der Waals surface area contributed by atoms with Crippen LogP contribution >= 0.6 is 0 Å². The van der Waals surface area contributed by atoms with Crippen LogP contribution in [0.2, 0.25) is 0 Å². The molecule has 1 rings (SSSR count). The predicted octanol–water partition coefficient (Wildman–Crippen LogP) is 2.73. The van der Waals surface area contributed by atoms with Crippen molar-refractivity contribution < 1.29 is 9.59 Å². The highest BCUT2D eigenvalue weighted by Crippen LogP contribution is 2.17. The van der Waals surface area contributed by atoms with E-state index >= 15 is 0 Å². The van der Waals surface area contributed by atoms with E-state index in [4.69, 9.17) is 0 Å². The average molecular weight is 305 g/mol. The smallest absolute Gasteiger partial charge is 0.226 e. The number of nitrogens with zero attached hydrogens (tertiary/aromatic N) is 2. The van der Waals surface area contributed by atoms with E-state index in [1.807, 2.05) is 64.0 Å². The van der Waals surface area contributed by atoms with E-state index in [1.165, 1.54) is 6.92 Å². The molecule has 5 nitrogen and oxygen atoms in total. The molecule has 0 aliphatic heterocycles. The minimum absolute atomic E-state index is 0.0179. The molecular weight excluding hydrogens is 278 g/mol. The Morgan fingerprint density at radius 2 is 1.64 bits per heavy atom. The zero-order valence-corrected chi connectivity index (χ0v) is 14.4. The second kappa shape index (κ2) is 7.29. The van der Waals surface area contributed by atoms with Crippen LogP contribution < -0.4 is 10.2 Å². The van der Waals surface area contributed by atoms with Crippen LogP contribution in [0.5, 0.6) is 0 Å². The van der Waals surface area contributed by atoms with Crippen LogP contribution in [0.1, 0.15) is 34.1 Å². The van der Waals surface area contributed by atoms with Gasteiger partial charge in [0.1, 0.15) is 0 Å². The van der Waals surface area contributed by atoms with Crippen LogP contribution in [0.25, 0.3) is 0 Å². The molecule has 0 unspecified atom stereocenters. The number of hydrogen-bond acceptors (Lipinski definition) is 3. The molecule has 0 atom stereocenters. The molecule has 1 aromatic rings. The predicted molar refractivity (Wildman–Crippen MR) is 91.2 cm³/mol. The minimum atomic E-state index is -0.278. The van der Waals surface area contributed by atoms with Gasteiger partial charge in [-0.1, -0.05) is 0 Å². The Hall–Kier alpha value is -2.04. The van der Waals surface area contributed by atoms with Crippen LogP contribution in [0.15, 0.2) is 24.3 Å². The molecule has 0 radical (unpaired) electrons. The molecule has 0 fully saturated rings. The Labute approximate surface area is 133 Å². The van der Waals surface area contributed by atoms with E-state index in [0.29, 0.717) is 6.54 Å². The van der Waals surface area contributed by atoms with Gasteiger partial charge in [0.15, 0.2) is 0 Å². The van der Waals surface area contributed by atoms with Gasteiger partial charge in [-0.05, 0) is 45.0 Å². The molecule has 0 spiro atoms. The normalized spacial score (nSPS) is 11.0. The monoisotopic (exact) mass is 305 g/mol. The molecule has 0 aromatic heterocycles. The summed E-state index contributed by atoms with van der Waals surface area (Å²) in [6.07, 6.45) is 0.284. The highest BCUT2D eigenvalue weighted by atomic mass is 16.2. The molecule has 0 aliphatic rings. The van der Waals surface area contributed by atoms with Crippen molar-refractivity contribution in [2.45, 2.75) is 39.7 Å². The lowest BCUT2D eigenvalue weighted by Crippen LogP contribution is -2.45. The maximum atomic E-state index is 12.0. The highest BCUT2D eigenvalue weighted by Gasteiger charge is 2.23. The fraction of sp³-hybridized carbons (Fsp3) is 0.529. The number of anilines is 2. The number of hydrogen-bond donors (Lipinski definition) is 1. The fourth-order valence-corrected chi connectivity index (χ4v) is 2.24. The SMILES string of the molecule is CC(=O)N(CCC(=O)Nc1ccc(N(C)C)cc1)C(C)(C)C. The zero-order chi connectivity index (χ0) is 16.9. The van der Waals surface area contributed by atoms with Crippen molar-refractivity contribution >= 4 is 23.2 Å². The lowest BCUT2D eigenvalue weighted by Gasteiger charge is -2.34. The lowest BCUT2D eigenvalue weighted by atomic mass is 10.1. The summed E-state index contributed by atoms with van der Waals surface area (Å²) < 4.78 is 0. The van der Waals surface area contributed by atoms with Crippen LogP contribution in [0.3, 0.4) is 0 Å². The van der Waals surface area contributed by atoms with Gasteiger partial charge >= 0.3 is 0 Å². The second-order valence-electron chi connectivity index (χ2n) is 6.58. The molecule has 122 valence electrons. The van der Waals surface area contributed by atoms with E-state index < -0.39 is 0 Å². The van der Waals surface area contributed by atoms with Gasteiger partial charge in [-0.2, -0.15) is 0 Å². The Balaban J connectivity index is 2.57. The molecule has 5 heteroatoms. The van der Waals surface area contributed by atoms with Gasteiger partial charge in [0.05, 0.1) is 0 Å². The molecule has 0 aliphatic carbocycles. The molecule has 22 heavy (non-hydrogen) atoms. The van der Waals surface area contributed by atoms with E-state index in [-0.39, 0.29) is 23.8 Å². The summed E-state index contributed by atoms with van der Waals surface area (Å²) in [5.41, 5.74) is 1.56. The summed E-state index contributed by atoms with van der Waals surface area (Å²) in [6.45, 7) is 7.84. The Morgan fingerprint density at radius 3 is 2.05 bits per heavy atom. The van der Waals surface area contributed by atoms with E-state index in [9.17, 15) is 9.59 Å². The van der Waals surface area contributed by atoms with Crippen molar-refractivity contribution in [3.8, 4) is 0 Å². The Kier molecular flexibility index (Phi) is 5.97. The number of carbonyl (C=O) groups is 2. The molecule has 0 saturated carbocycles. The van der Waals surface area contributed by atoms with Gasteiger partial charge in [0.2, 0.25) is 11.8 Å². The summed E-state index contributed by atoms with van der Waals surface area (Å²) in [5.74, 6) is -0.108. The minimum Gasteiger partial charge on any atom is -0.378 e. The molecule has 0 bridgehead atoms. The quantitative estimate of drug-likeness (QED) is 0.910.